The van der Waals surface area contributed by atoms with Gasteiger partial charge in [-0.1, -0.05) is 98.7 Å². The molecule has 200 valence electrons. The molecule has 3 rings (SSSR count). The second-order valence-corrected chi connectivity index (χ2v) is 12.1. The van der Waals surface area contributed by atoms with Crippen molar-refractivity contribution >= 4 is 10.9 Å². The van der Waals surface area contributed by atoms with E-state index in [1.807, 2.05) is 0 Å². The number of aryl methyl sites for hydroxylation is 9. The van der Waals surface area contributed by atoms with Gasteiger partial charge >= 0.3 is 0 Å². The first-order chi connectivity index (χ1) is 17.9. The molecular formula is C36H51S+. The Balaban J connectivity index is 2.59. The smallest absolute Gasteiger partial charge is 0.0613 e. The van der Waals surface area contributed by atoms with Crippen LogP contribution in [0.1, 0.15) is 112 Å². The van der Waals surface area contributed by atoms with Gasteiger partial charge in [-0.3, -0.25) is 0 Å². The van der Waals surface area contributed by atoms with Crippen LogP contribution >= 0.6 is 0 Å². The second kappa shape index (κ2) is 13.7. The van der Waals surface area contributed by atoms with Crippen LogP contribution in [-0.4, -0.2) is 0 Å². The van der Waals surface area contributed by atoms with E-state index >= 15 is 0 Å². The van der Waals surface area contributed by atoms with E-state index in [1.54, 1.807) is 48.1 Å². The highest BCUT2D eigenvalue weighted by molar-refractivity contribution is 7.97. The largest absolute Gasteiger partial charge is 0.172 e. The predicted octanol–water partition coefficient (Wildman–Crippen LogP) is 9.84. The summed E-state index contributed by atoms with van der Waals surface area (Å²) in [4.78, 5) is 4.89. The third-order valence-electron chi connectivity index (χ3n) is 8.03. The van der Waals surface area contributed by atoms with Crippen LogP contribution in [0, 0.1) is 0 Å². The minimum Gasteiger partial charge on any atom is -0.0613 e. The van der Waals surface area contributed by atoms with Crippen molar-refractivity contribution in [2.24, 2.45) is 0 Å². The van der Waals surface area contributed by atoms with Gasteiger partial charge in [-0.25, -0.2) is 0 Å². The summed E-state index contributed by atoms with van der Waals surface area (Å²) in [5.41, 5.74) is 13.8. The first-order valence-electron chi connectivity index (χ1n) is 15.1. The van der Waals surface area contributed by atoms with Gasteiger partial charge in [0.25, 0.3) is 0 Å². The summed E-state index contributed by atoms with van der Waals surface area (Å²) in [6.45, 7) is 21.1. The van der Waals surface area contributed by atoms with Crippen LogP contribution in [0.25, 0.3) is 0 Å². The van der Waals surface area contributed by atoms with Gasteiger partial charge in [0.05, 0.1) is 0 Å². The lowest BCUT2D eigenvalue weighted by Gasteiger charge is -2.24. The van der Waals surface area contributed by atoms with Gasteiger partial charge in [0.15, 0.2) is 14.7 Å². The zero-order chi connectivity index (χ0) is 27.1. The summed E-state index contributed by atoms with van der Waals surface area (Å²) in [7, 11) is -0.114. The highest BCUT2D eigenvalue weighted by atomic mass is 32.2. The standard InChI is InChI=1S/C36H51S/c1-10-25-19-28(13-4)34(29(14-5)20-25)37(35-30(15-6)21-26(11-2)22-31(35)16-7)36-32(17-8)23-27(12-3)24-33(36)18-9/h19-24H,10-18H2,1-9H3/q+1. The van der Waals surface area contributed by atoms with Crippen molar-refractivity contribution in [3.05, 3.63) is 86.5 Å². The molecule has 0 saturated carbocycles. The molecule has 0 aliphatic heterocycles. The molecular weight excluding hydrogens is 464 g/mol. The summed E-state index contributed by atoms with van der Waals surface area (Å²) in [6.07, 6.45) is 9.84. The fraction of sp³-hybridized carbons (Fsp3) is 0.500. The zero-order valence-corrected chi connectivity index (χ0v) is 26.1. The number of hydrogen-bond donors (Lipinski definition) is 0. The molecule has 37 heavy (non-hydrogen) atoms. The molecule has 0 aliphatic carbocycles. The molecule has 1 heteroatoms. The van der Waals surface area contributed by atoms with E-state index in [4.69, 9.17) is 0 Å². The Morgan fingerprint density at radius 3 is 0.649 bits per heavy atom. The Bertz CT molecular complexity index is 973. The molecule has 0 fully saturated rings. The van der Waals surface area contributed by atoms with Crippen molar-refractivity contribution in [3.63, 3.8) is 0 Å². The van der Waals surface area contributed by atoms with Gasteiger partial charge in [-0.05, 0) is 74.5 Å². The summed E-state index contributed by atoms with van der Waals surface area (Å²) in [5, 5.41) is 0. The van der Waals surface area contributed by atoms with Gasteiger partial charge in [-0.15, -0.1) is 0 Å². The molecule has 0 aliphatic rings. The minimum atomic E-state index is -0.114. The molecule has 3 aromatic rings. The molecule has 0 nitrogen and oxygen atoms in total. The third-order valence-corrected chi connectivity index (χ3v) is 10.8. The molecule has 3 aromatic carbocycles. The molecule has 0 amide bonds. The van der Waals surface area contributed by atoms with Gasteiger partial charge < -0.3 is 0 Å². The molecule has 0 saturated heterocycles. The van der Waals surface area contributed by atoms with Crippen molar-refractivity contribution < 1.29 is 0 Å². The lowest BCUT2D eigenvalue weighted by atomic mass is 10.00. The highest BCUT2D eigenvalue weighted by Gasteiger charge is 2.40. The Labute approximate surface area is 231 Å². The van der Waals surface area contributed by atoms with Gasteiger partial charge in [0.1, 0.15) is 10.9 Å². The van der Waals surface area contributed by atoms with Crippen molar-refractivity contribution in [2.45, 2.75) is 135 Å². The maximum Gasteiger partial charge on any atom is 0.172 e. The molecule has 0 N–H and O–H groups in total. The summed E-state index contributed by atoms with van der Waals surface area (Å²) in [5.74, 6) is 0. The van der Waals surface area contributed by atoms with Gasteiger partial charge in [0, 0.05) is 33.4 Å². The average molecular weight is 516 g/mol. The fourth-order valence-corrected chi connectivity index (χ4v) is 9.17. The van der Waals surface area contributed by atoms with Crippen LogP contribution in [-0.2, 0) is 68.7 Å². The van der Waals surface area contributed by atoms with Gasteiger partial charge in [0.2, 0.25) is 0 Å². The van der Waals surface area contributed by atoms with Crippen LogP contribution < -0.4 is 0 Å². The zero-order valence-electron chi connectivity index (χ0n) is 25.2. The van der Waals surface area contributed by atoms with Crippen LogP contribution in [0.15, 0.2) is 51.1 Å². The van der Waals surface area contributed by atoms with Gasteiger partial charge in [-0.2, -0.15) is 0 Å². The van der Waals surface area contributed by atoms with E-state index in [0.29, 0.717) is 0 Å². The molecule has 0 heterocycles. The second-order valence-electron chi connectivity index (χ2n) is 10.2. The summed E-state index contributed by atoms with van der Waals surface area (Å²) < 4.78 is 0. The van der Waals surface area contributed by atoms with Crippen molar-refractivity contribution in [1.29, 1.82) is 0 Å². The lowest BCUT2D eigenvalue weighted by molar-refractivity contribution is 0.935. The quantitative estimate of drug-likeness (QED) is 0.211. The monoisotopic (exact) mass is 515 g/mol. The van der Waals surface area contributed by atoms with Crippen molar-refractivity contribution in [2.75, 3.05) is 0 Å². The Morgan fingerprint density at radius 1 is 0.324 bits per heavy atom. The molecule has 0 spiro atoms. The molecule has 0 aromatic heterocycles. The van der Waals surface area contributed by atoms with E-state index in [0.717, 1.165) is 57.8 Å². The predicted molar refractivity (Wildman–Crippen MR) is 166 cm³/mol. The first-order valence-corrected chi connectivity index (χ1v) is 16.3. The van der Waals surface area contributed by atoms with E-state index < -0.39 is 0 Å². The Morgan fingerprint density at radius 2 is 0.514 bits per heavy atom. The Hall–Kier alpha value is -1.99. The summed E-state index contributed by atoms with van der Waals surface area (Å²) in [6, 6.07) is 15.2. The van der Waals surface area contributed by atoms with E-state index in [1.165, 1.54) is 16.7 Å². The number of hydrogen-bond acceptors (Lipinski definition) is 0. The van der Waals surface area contributed by atoms with Crippen molar-refractivity contribution in [1.82, 2.24) is 0 Å². The summed E-state index contributed by atoms with van der Waals surface area (Å²) >= 11 is 0. The highest BCUT2D eigenvalue weighted by Crippen LogP contribution is 2.44. The van der Waals surface area contributed by atoms with E-state index in [2.05, 4.69) is 98.7 Å². The SMILES string of the molecule is CCc1cc(CC)c([S+](c2c(CC)cc(CC)cc2CC)c2c(CC)cc(CC)cc2CC)c(CC)c1. The third kappa shape index (κ3) is 6.03. The topological polar surface area (TPSA) is 0 Å². The van der Waals surface area contributed by atoms with E-state index in [-0.39, 0.29) is 10.9 Å². The minimum absolute atomic E-state index is 0.114. The van der Waals surface area contributed by atoms with Crippen LogP contribution in [0.3, 0.4) is 0 Å². The molecule has 0 unspecified atom stereocenters. The Kier molecular flexibility index (Phi) is 10.9. The van der Waals surface area contributed by atoms with Crippen LogP contribution in [0.4, 0.5) is 0 Å². The number of benzene rings is 3. The van der Waals surface area contributed by atoms with Crippen molar-refractivity contribution in [3.8, 4) is 0 Å². The number of rotatable bonds is 12. The maximum absolute atomic E-state index is 2.53. The average Bonchev–Trinajstić information content (AvgIpc) is 2.96. The first kappa shape index (κ1) is 29.6. The van der Waals surface area contributed by atoms with Crippen LogP contribution in [0.2, 0.25) is 0 Å². The van der Waals surface area contributed by atoms with E-state index in [9.17, 15) is 0 Å². The molecule has 0 radical (unpaired) electrons. The molecule has 0 bridgehead atoms. The fourth-order valence-electron chi connectivity index (χ4n) is 5.76. The molecule has 0 atom stereocenters. The maximum atomic E-state index is 2.53. The lowest BCUT2D eigenvalue weighted by Crippen LogP contribution is -2.19. The normalized spacial score (nSPS) is 11.5. The van der Waals surface area contributed by atoms with Crippen LogP contribution in [0.5, 0.6) is 0 Å².